The van der Waals surface area contributed by atoms with E-state index >= 15 is 0 Å². The highest BCUT2D eigenvalue weighted by Gasteiger charge is 2.19. The predicted molar refractivity (Wildman–Crippen MR) is 341 cm³/mol. The van der Waals surface area contributed by atoms with Crippen molar-refractivity contribution in [2.75, 3.05) is 0 Å². The lowest BCUT2D eigenvalue weighted by molar-refractivity contribution is 0.668. The molecule has 0 aliphatic carbocycles. The predicted octanol–water partition coefficient (Wildman–Crippen LogP) is 22.7. The van der Waals surface area contributed by atoms with Gasteiger partial charge >= 0.3 is 0 Å². The van der Waals surface area contributed by atoms with Crippen molar-refractivity contribution in [1.82, 2.24) is 0 Å². The second-order valence-corrected chi connectivity index (χ2v) is 21.9. The SMILES string of the molecule is c1ccc2c(c1)cc(-c1cc(-c3ccc4oc5ccccc5c4c3)cc(-c3ccc4oc5ccccc5c4c3)c1)c1ccc3ccc(-c4cc(-c5ccc6oc7ccccc7c6c5)cc(-c5ccc6oc7ccccc7c6c5)c4)cc3c12. The zero-order chi connectivity index (χ0) is 53.6. The van der Waals surface area contributed by atoms with Gasteiger partial charge in [-0.2, -0.15) is 0 Å². The number of fused-ring (bicyclic) bond motifs is 17. The fraction of sp³-hybridized carbons (Fsp3) is 0. The maximum Gasteiger partial charge on any atom is 0.135 e. The van der Waals surface area contributed by atoms with Gasteiger partial charge in [0, 0.05) is 43.1 Å². The van der Waals surface area contributed by atoms with E-state index in [2.05, 4.69) is 218 Å². The first kappa shape index (κ1) is 45.0. The van der Waals surface area contributed by atoms with Gasteiger partial charge in [0.1, 0.15) is 44.7 Å². The summed E-state index contributed by atoms with van der Waals surface area (Å²) in [4.78, 5) is 0. The maximum atomic E-state index is 6.34. The molecule has 0 N–H and O–H groups in total. The van der Waals surface area contributed by atoms with Crippen LogP contribution in [0.1, 0.15) is 0 Å². The number of rotatable bonds is 6. The van der Waals surface area contributed by atoms with Crippen molar-refractivity contribution in [2.24, 2.45) is 0 Å². The van der Waals surface area contributed by atoms with E-state index in [4.69, 9.17) is 17.7 Å². The molecule has 4 nitrogen and oxygen atoms in total. The molecule has 4 heteroatoms. The third-order valence-electron chi connectivity index (χ3n) is 17.2. The minimum Gasteiger partial charge on any atom is -0.456 e. The molecular formula is C78H44O4. The first-order chi connectivity index (χ1) is 40.5. The molecule has 0 aliphatic rings. The van der Waals surface area contributed by atoms with E-state index < -0.39 is 0 Å². The average Bonchev–Trinajstić information content (AvgIpc) is 3.80. The molecule has 18 rings (SSSR count). The van der Waals surface area contributed by atoms with Crippen LogP contribution in [0.2, 0.25) is 0 Å². The molecule has 0 radical (unpaired) electrons. The van der Waals surface area contributed by atoms with Crippen LogP contribution in [-0.2, 0) is 0 Å². The zero-order valence-corrected chi connectivity index (χ0v) is 44.0. The number of benzene rings is 14. The first-order valence-electron chi connectivity index (χ1n) is 27.9. The Hall–Kier alpha value is -10.9. The Kier molecular flexibility index (Phi) is 9.48. The molecule has 4 aromatic heterocycles. The van der Waals surface area contributed by atoms with Gasteiger partial charge in [0.25, 0.3) is 0 Å². The fourth-order valence-corrected chi connectivity index (χ4v) is 13.2. The molecule has 0 saturated carbocycles. The Morgan fingerprint density at radius 2 is 0.463 bits per heavy atom. The van der Waals surface area contributed by atoms with Crippen LogP contribution in [0.25, 0.3) is 187 Å². The summed E-state index contributed by atoms with van der Waals surface area (Å²) in [7, 11) is 0. The molecule has 82 heavy (non-hydrogen) atoms. The van der Waals surface area contributed by atoms with Crippen LogP contribution in [0.15, 0.2) is 285 Å². The quantitative estimate of drug-likeness (QED) is 0.156. The monoisotopic (exact) mass is 1040 g/mol. The van der Waals surface area contributed by atoms with Crippen molar-refractivity contribution in [3.8, 4) is 66.8 Å². The van der Waals surface area contributed by atoms with Crippen LogP contribution in [0, 0.1) is 0 Å². The summed E-state index contributed by atoms with van der Waals surface area (Å²) in [6, 6.07) is 96.7. The van der Waals surface area contributed by atoms with Crippen LogP contribution >= 0.6 is 0 Å². The molecule has 0 bridgehead atoms. The van der Waals surface area contributed by atoms with Crippen LogP contribution in [0.3, 0.4) is 0 Å². The smallest absolute Gasteiger partial charge is 0.135 e. The fourth-order valence-electron chi connectivity index (χ4n) is 13.2. The Labute approximate surface area is 468 Å². The van der Waals surface area contributed by atoms with Gasteiger partial charge < -0.3 is 17.7 Å². The van der Waals surface area contributed by atoms with Crippen molar-refractivity contribution in [3.05, 3.63) is 267 Å². The number of hydrogen-bond donors (Lipinski definition) is 0. The molecule has 0 unspecified atom stereocenters. The second-order valence-electron chi connectivity index (χ2n) is 21.9. The highest BCUT2D eigenvalue weighted by Crippen LogP contribution is 2.45. The van der Waals surface area contributed by atoms with E-state index in [1.807, 2.05) is 48.5 Å². The normalized spacial score (nSPS) is 12.1. The van der Waals surface area contributed by atoms with E-state index in [-0.39, 0.29) is 0 Å². The molecule has 0 amide bonds. The van der Waals surface area contributed by atoms with Crippen molar-refractivity contribution in [2.45, 2.75) is 0 Å². The summed E-state index contributed by atoms with van der Waals surface area (Å²) in [6.07, 6.45) is 0. The van der Waals surface area contributed by atoms with E-state index in [9.17, 15) is 0 Å². The third kappa shape index (κ3) is 6.98. The van der Waals surface area contributed by atoms with Gasteiger partial charge in [-0.25, -0.2) is 0 Å². The summed E-state index contributed by atoms with van der Waals surface area (Å²) in [5, 5.41) is 16.0. The summed E-state index contributed by atoms with van der Waals surface area (Å²) in [5.41, 5.74) is 20.6. The highest BCUT2D eigenvalue weighted by molar-refractivity contribution is 6.25. The van der Waals surface area contributed by atoms with Crippen LogP contribution < -0.4 is 0 Å². The van der Waals surface area contributed by atoms with Gasteiger partial charge in [-0.1, -0.05) is 146 Å². The topological polar surface area (TPSA) is 52.6 Å². The summed E-state index contributed by atoms with van der Waals surface area (Å²) < 4.78 is 25.3. The van der Waals surface area contributed by atoms with E-state index in [0.717, 1.165) is 149 Å². The molecule has 0 atom stereocenters. The second kappa shape index (κ2) is 17.3. The third-order valence-corrected chi connectivity index (χ3v) is 17.2. The first-order valence-corrected chi connectivity index (χ1v) is 27.9. The van der Waals surface area contributed by atoms with Crippen LogP contribution in [-0.4, -0.2) is 0 Å². The minimum absolute atomic E-state index is 0.877. The van der Waals surface area contributed by atoms with Crippen LogP contribution in [0.4, 0.5) is 0 Å². The lowest BCUT2D eigenvalue weighted by Crippen LogP contribution is -1.90. The molecule has 0 aliphatic heterocycles. The molecule has 18 aromatic rings. The Morgan fingerprint density at radius 1 is 0.159 bits per heavy atom. The van der Waals surface area contributed by atoms with Gasteiger partial charge in [-0.05, 0) is 220 Å². The highest BCUT2D eigenvalue weighted by atomic mass is 16.3. The molecular weight excluding hydrogens is 1000 g/mol. The summed E-state index contributed by atoms with van der Waals surface area (Å²) in [6.45, 7) is 0. The zero-order valence-electron chi connectivity index (χ0n) is 44.0. The lowest BCUT2D eigenvalue weighted by atomic mass is 9.86. The van der Waals surface area contributed by atoms with E-state index in [1.54, 1.807) is 0 Å². The van der Waals surface area contributed by atoms with E-state index in [1.165, 1.54) is 37.9 Å². The van der Waals surface area contributed by atoms with Crippen molar-refractivity contribution in [1.29, 1.82) is 0 Å². The Balaban J connectivity index is 0.852. The van der Waals surface area contributed by atoms with Crippen molar-refractivity contribution < 1.29 is 17.7 Å². The van der Waals surface area contributed by atoms with Gasteiger partial charge in [0.05, 0.1) is 0 Å². The number of para-hydroxylation sites is 4. The van der Waals surface area contributed by atoms with Crippen molar-refractivity contribution in [3.63, 3.8) is 0 Å². The van der Waals surface area contributed by atoms with Gasteiger partial charge in [-0.3, -0.25) is 0 Å². The molecule has 4 heterocycles. The molecule has 0 fully saturated rings. The van der Waals surface area contributed by atoms with Crippen molar-refractivity contribution >= 4 is 120 Å². The molecule has 0 spiro atoms. The molecule has 380 valence electrons. The van der Waals surface area contributed by atoms with E-state index in [0.29, 0.717) is 0 Å². The Morgan fingerprint density at radius 3 is 0.866 bits per heavy atom. The van der Waals surface area contributed by atoms with Gasteiger partial charge in [0.15, 0.2) is 0 Å². The minimum atomic E-state index is 0.877. The molecule has 14 aromatic carbocycles. The van der Waals surface area contributed by atoms with Gasteiger partial charge in [-0.15, -0.1) is 0 Å². The largest absolute Gasteiger partial charge is 0.456 e. The average molecular weight is 1050 g/mol. The Bertz CT molecular complexity index is 5460. The summed E-state index contributed by atoms with van der Waals surface area (Å²) in [5.74, 6) is 0. The number of hydrogen-bond acceptors (Lipinski definition) is 4. The van der Waals surface area contributed by atoms with Crippen LogP contribution in [0.5, 0.6) is 0 Å². The number of furan rings is 4. The molecule has 0 saturated heterocycles. The standard InChI is InChI=1S/C78H44O4/c1-2-12-58-51(11-1)44-64(57-37-55(49-26-31-76-68(42-49)61-15-5-9-19-72(61)81-76)36-56(38-57)50-27-32-77-69(43-50)62-16-6-10-20-73(62)82-77)63-28-23-45-21-22-46(39-65(45)78(58)63)52-33-53(47-24-29-74-66(40-47)59-13-3-7-17-70(59)79-74)35-54(34-52)48-25-30-75-67(41-48)60-14-4-8-18-71(60)80-75/h1-44H. The van der Waals surface area contributed by atoms with Gasteiger partial charge in [0.2, 0.25) is 0 Å². The summed E-state index contributed by atoms with van der Waals surface area (Å²) >= 11 is 0. The maximum absolute atomic E-state index is 6.34. The lowest BCUT2D eigenvalue weighted by Gasteiger charge is -2.17.